The Balaban J connectivity index is 1.38. The monoisotopic (exact) mass is 353 g/mol. The second-order valence-electron chi connectivity index (χ2n) is 7.20. The lowest BCUT2D eigenvalue weighted by Gasteiger charge is -2.12. The number of hydrogen-bond acceptors (Lipinski definition) is 6. The molecule has 1 aliphatic heterocycles. The Kier molecular flexibility index (Phi) is 4.61. The van der Waals surface area contributed by atoms with Crippen molar-refractivity contribution in [2.24, 2.45) is 5.92 Å². The van der Waals surface area contributed by atoms with E-state index in [-0.39, 0.29) is 12.0 Å². The molecule has 6 heteroatoms. The van der Waals surface area contributed by atoms with Crippen molar-refractivity contribution < 1.29 is 14.2 Å². The third-order valence-corrected chi connectivity index (χ3v) is 4.91. The van der Waals surface area contributed by atoms with E-state index in [4.69, 9.17) is 9.05 Å². The first-order valence-electron chi connectivity index (χ1n) is 8.92. The third-order valence-electron chi connectivity index (χ3n) is 4.91. The van der Waals surface area contributed by atoms with Gasteiger partial charge in [0.25, 0.3) is 0 Å². The predicted octanol–water partition coefficient (Wildman–Crippen LogP) is 2.98. The largest absolute Gasteiger partial charge is 0.391 e. The Labute approximate surface area is 152 Å². The lowest BCUT2D eigenvalue weighted by molar-refractivity contribution is 0.136. The molecule has 0 bridgehead atoms. The number of likely N-dealkylation sites (tertiary alicyclic amines) is 1. The zero-order valence-electron chi connectivity index (χ0n) is 15.1. The van der Waals surface area contributed by atoms with Crippen LogP contribution in [0.15, 0.2) is 45.4 Å². The minimum atomic E-state index is -0.375. The van der Waals surface area contributed by atoms with Crippen molar-refractivity contribution >= 4 is 0 Å². The zero-order valence-corrected chi connectivity index (χ0v) is 15.1. The van der Waals surface area contributed by atoms with Gasteiger partial charge in [-0.15, -0.1) is 0 Å². The standard InChI is InChI=1S/C20H23N3O3/c1-13-3-5-15(6-4-13)19-9-18(26-22-19)11-23-10-16(20(24)12-23)8-17-7-14(2)21-25-17/h3-7,9,16,20,24H,8,10-12H2,1-2H3/t16-,20+/m1/s1. The number of benzene rings is 1. The molecule has 3 heterocycles. The summed E-state index contributed by atoms with van der Waals surface area (Å²) in [7, 11) is 0. The van der Waals surface area contributed by atoms with E-state index in [9.17, 15) is 5.11 Å². The van der Waals surface area contributed by atoms with Crippen molar-refractivity contribution in [1.82, 2.24) is 15.2 Å². The molecule has 1 fully saturated rings. The predicted molar refractivity (Wildman–Crippen MR) is 96.4 cm³/mol. The molecule has 26 heavy (non-hydrogen) atoms. The molecular formula is C20H23N3O3. The number of β-amino-alcohol motifs (C(OH)–C–C–N with tert-alkyl or cyclic N) is 1. The fraction of sp³-hybridized carbons (Fsp3) is 0.400. The van der Waals surface area contributed by atoms with Crippen LogP contribution in [0, 0.1) is 19.8 Å². The Morgan fingerprint density at radius 2 is 1.81 bits per heavy atom. The normalized spacial score (nSPS) is 20.7. The molecule has 0 saturated carbocycles. The number of hydrogen-bond donors (Lipinski definition) is 1. The van der Waals surface area contributed by atoms with Gasteiger partial charge in [0.05, 0.1) is 18.3 Å². The molecular weight excluding hydrogens is 330 g/mol. The molecule has 4 rings (SSSR count). The van der Waals surface area contributed by atoms with Crippen LogP contribution in [0.5, 0.6) is 0 Å². The zero-order chi connectivity index (χ0) is 18.1. The molecule has 1 N–H and O–H groups in total. The lowest BCUT2D eigenvalue weighted by Crippen LogP contribution is -2.21. The van der Waals surface area contributed by atoms with Gasteiger partial charge in [-0.05, 0) is 13.8 Å². The van der Waals surface area contributed by atoms with Crippen LogP contribution in [0.25, 0.3) is 11.3 Å². The summed E-state index contributed by atoms with van der Waals surface area (Å²) in [4.78, 5) is 2.19. The highest BCUT2D eigenvalue weighted by atomic mass is 16.5. The van der Waals surface area contributed by atoms with Crippen molar-refractivity contribution in [2.75, 3.05) is 13.1 Å². The van der Waals surface area contributed by atoms with E-state index in [1.54, 1.807) is 0 Å². The average molecular weight is 353 g/mol. The highest BCUT2D eigenvalue weighted by Crippen LogP contribution is 2.25. The Morgan fingerprint density at radius 1 is 1.04 bits per heavy atom. The molecule has 0 radical (unpaired) electrons. The smallest absolute Gasteiger partial charge is 0.151 e. The number of rotatable bonds is 5. The van der Waals surface area contributed by atoms with Gasteiger partial charge in [0.1, 0.15) is 11.5 Å². The van der Waals surface area contributed by atoms with Crippen molar-refractivity contribution in [3.63, 3.8) is 0 Å². The van der Waals surface area contributed by atoms with Gasteiger partial charge >= 0.3 is 0 Å². The van der Waals surface area contributed by atoms with Gasteiger partial charge in [0, 0.05) is 43.1 Å². The molecule has 0 spiro atoms. The molecule has 136 valence electrons. The van der Waals surface area contributed by atoms with Crippen molar-refractivity contribution in [3.8, 4) is 11.3 Å². The minimum absolute atomic E-state index is 0.141. The summed E-state index contributed by atoms with van der Waals surface area (Å²) < 4.78 is 10.8. The van der Waals surface area contributed by atoms with Crippen LogP contribution in [0.3, 0.4) is 0 Å². The number of aromatic nitrogens is 2. The fourth-order valence-electron chi connectivity index (χ4n) is 3.51. The third kappa shape index (κ3) is 3.71. The van der Waals surface area contributed by atoms with E-state index in [1.807, 2.05) is 31.2 Å². The second-order valence-corrected chi connectivity index (χ2v) is 7.20. The quantitative estimate of drug-likeness (QED) is 0.760. The maximum atomic E-state index is 10.4. The Hall–Kier alpha value is -2.44. The maximum Gasteiger partial charge on any atom is 0.151 e. The van der Waals surface area contributed by atoms with Crippen LogP contribution in [0.4, 0.5) is 0 Å². The first kappa shape index (κ1) is 17.0. The first-order valence-corrected chi connectivity index (χ1v) is 8.92. The molecule has 2 aromatic heterocycles. The minimum Gasteiger partial charge on any atom is -0.391 e. The molecule has 1 aliphatic rings. The second kappa shape index (κ2) is 7.05. The topological polar surface area (TPSA) is 75.5 Å². The van der Waals surface area contributed by atoms with E-state index >= 15 is 0 Å². The van der Waals surface area contributed by atoms with Gasteiger partial charge in [-0.2, -0.15) is 0 Å². The highest BCUT2D eigenvalue weighted by Gasteiger charge is 2.32. The van der Waals surface area contributed by atoms with Crippen LogP contribution >= 0.6 is 0 Å². The maximum absolute atomic E-state index is 10.4. The van der Waals surface area contributed by atoms with E-state index in [1.165, 1.54) is 5.56 Å². The van der Waals surface area contributed by atoms with Gasteiger partial charge in [-0.3, -0.25) is 4.90 Å². The molecule has 0 amide bonds. The number of aryl methyl sites for hydroxylation is 2. The molecule has 2 atom stereocenters. The average Bonchev–Trinajstić information content (AvgIpc) is 3.31. The SMILES string of the molecule is Cc1ccc(-c2cc(CN3C[C@@H](Cc4cc(C)no4)[C@@H](O)C3)on2)cc1. The fourth-order valence-corrected chi connectivity index (χ4v) is 3.51. The molecule has 3 aromatic rings. The van der Waals surface area contributed by atoms with E-state index < -0.39 is 0 Å². The van der Waals surface area contributed by atoms with E-state index in [0.29, 0.717) is 19.5 Å². The molecule has 1 aromatic carbocycles. The molecule has 0 unspecified atom stereocenters. The summed E-state index contributed by atoms with van der Waals surface area (Å²) in [6.07, 6.45) is 0.323. The molecule has 6 nitrogen and oxygen atoms in total. The summed E-state index contributed by atoms with van der Waals surface area (Å²) >= 11 is 0. The molecule has 0 aliphatic carbocycles. The van der Waals surface area contributed by atoms with Gasteiger partial charge < -0.3 is 14.2 Å². The van der Waals surface area contributed by atoms with Crippen LogP contribution < -0.4 is 0 Å². The number of aliphatic hydroxyl groups excluding tert-OH is 1. The van der Waals surface area contributed by atoms with Gasteiger partial charge in [-0.25, -0.2) is 0 Å². The van der Waals surface area contributed by atoms with Crippen molar-refractivity contribution in [1.29, 1.82) is 0 Å². The van der Waals surface area contributed by atoms with Crippen LogP contribution in [0.2, 0.25) is 0 Å². The van der Waals surface area contributed by atoms with Gasteiger partial charge in [0.15, 0.2) is 5.76 Å². The highest BCUT2D eigenvalue weighted by molar-refractivity contribution is 5.59. The number of nitrogens with zero attached hydrogens (tertiary/aromatic N) is 3. The van der Waals surface area contributed by atoms with E-state index in [2.05, 4.69) is 34.3 Å². The van der Waals surface area contributed by atoms with Crippen molar-refractivity contribution in [3.05, 3.63) is 59.2 Å². The van der Waals surface area contributed by atoms with Crippen LogP contribution in [-0.4, -0.2) is 39.5 Å². The Bertz CT molecular complexity index is 869. The van der Waals surface area contributed by atoms with Crippen molar-refractivity contribution in [2.45, 2.75) is 32.9 Å². The summed E-state index contributed by atoms with van der Waals surface area (Å²) in [5, 5.41) is 18.5. The van der Waals surface area contributed by atoms with Crippen LogP contribution in [0.1, 0.15) is 22.8 Å². The van der Waals surface area contributed by atoms with Gasteiger partial charge in [0.2, 0.25) is 0 Å². The lowest BCUT2D eigenvalue weighted by atomic mass is 10.0. The Morgan fingerprint density at radius 3 is 2.54 bits per heavy atom. The first-order chi connectivity index (χ1) is 12.6. The van der Waals surface area contributed by atoms with E-state index in [0.717, 1.165) is 35.0 Å². The number of aliphatic hydroxyl groups is 1. The summed E-state index contributed by atoms with van der Waals surface area (Å²) in [6.45, 7) is 6.02. The van der Waals surface area contributed by atoms with Crippen LogP contribution in [-0.2, 0) is 13.0 Å². The summed E-state index contributed by atoms with van der Waals surface area (Å²) in [6, 6.07) is 12.1. The summed E-state index contributed by atoms with van der Waals surface area (Å²) in [5.74, 6) is 1.78. The molecule has 1 saturated heterocycles. The summed E-state index contributed by atoms with van der Waals surface area (Å²) in [5.41, 5.74) is 3.98. The van der Waals surface area contributed by atoms with Gasteiger partial charge in [-0.1, -0.05) is 40.1 Å².